The summed E-state index contributed by atoms with van der Waals surface area (Å²) < 4.78 is 36.4. The Morgan fingerprint density at radius 2 is 1.41 bits per heavy atom. The number of urea groups is 1. The lowest BCUT2D eigenvalue weighted by Gasteiger charge is -2.16. The molecule has 406 valence electrons. The summed E-state index contributed by atoms with van der Waals surface area (Å²) in [5, 5.41) is 24.4. The van der Waals surface area contributed by atoms with Gasteiger partial charge >= 0.3 is 6.03 Å². The average molecular weight is 1160 g/mol. The van der Waals surface area contributed by atoms with Crippen molar-refractivity contribution in [1.82, 2.24) is 41.5 Å². The van der Waals surface area contributed by atoms with Gasteiger partial charge in [0.25, 0.3) is 0 Å². The number of hydrogen-bond acceptors (Lipinski definition) is 15. The van der Waals surface area contributed by atoms with Crippen LogP contribution in [0.5, 0.6) is 5.75 Å². The molecule has 1 unspecified atom stereocenters. The number of rotatable bonds is 37. The number of benzene rings is 2. The third-order valence-electron chi connectivity index (χ3n) is 11.8. The van der Waals surface area contributed by atoms with Crippen molar-refractivity contribution >= 4 is 92.7 Å². The number of anilines is 5. The molecule has 0 bridgehead atoms. The monoisotopic (exact) mass is 1160 g/mol. The van der Waals surface area contributed by atoms with E-state index in [9.17, 15) is 28.4 Å². The van der Waals surface area contributed by atoms with Crippen LogP contribution >= 0.6 is 34.4 Å². The summed E-state index contributed by atoms with van der Waals surface area (Å²) >= 11 is 3.82. The first-order valence-electron chi connectivity index (χ1n) is 25.3. The standard InChI is InChI=1S/C51H73FIN11O9S/c1-64(24-8-15-49(68)60-37-17-19-42(70-2)40(32-37)61-45-33-44(57-35-58-45)59-36-16-18-38(52)39(53)31-36)23-6-5-20-54-47(66)13-7-14-48(67)56-22-10-26-72-28-30-73-29-27-71-25-9-21-55-46(65)12-4-3-11-43-50-41(34-74-43)62-51(69)63-50/h8,15-19,31-33,35,41,43,50H,3-7,9-14,20-30,34H2,1-2H3,(H,54,66)(H,55,65)(H,56,67)(H,60,68)(H2,62,63,69)(H2,57,58,59,61)/b15-8+/t41-,43?,50-/m0/s1. The van der Waals surface area contributed by atoms with E-state index in [-0.39, 0.29) is 60.4 Å². The van der Waals surface area contributed by atoms with Gasteiger partial charge in [-0.3, -0.25) is 19.2 Å². The van der Waals surface area contributed by atoms with Crippen molar-refractivity contribution in [3.05, 3.63) is 70.3 Å². The molecule has 23 heteroatoms. The molecule has 3 heterocycles. The van der Waals surface area contributed by atoms with E-state index in [1.54, 1.807) is 49.6 Å². The fraction of sp³-hybridized carbons (Fsp3) is 0.549. The van der Waals surface area contributed by atoms with Crippen molar-refractivity contribution in [2.75, 3.05) is 108 Å². The van der Waals surface area contributed by atoms with E-state index in [0.29, 0.717) is 128 Å². The summed E-state index contributed by atoms with van der Waals surface area (Å²) in [5.74, 6) is 1.77. The molecule has 8 N–H and O–H groups in total. The van der Waals surface area contributed by atoms with Crippen LogP contribution in [0.3, 0.4) is 0 Å². The van der Waals surface area contributed by atoms with Crippen molar-refractivity contribution in [3.63, 3.8) is 0 Å². The van der Waals surface area contributed by atoms with Crippen LogP contribution in [0.1, 0.15) is 70.6 Å². The van der Waals surface area contributed by atoms with Gasteiger partial charge in [0.15, 0.2) is 0 Å². The second kappa shape index (κ2) is 34.3. The number of aromatic nitrogens is 2. The zero-order valence-electron chi connectivity index (χ0n) is 42.4. The molecule has 3 aromatic rings. The minimum absolute atomic E-state index is 0.0599. The Hall–Kier alpha value is -5.34. The Morgan fingerprint density at radius 3 is 2.08 bits per heavy atom. The van der Waals surface area contributed by atoms with E-state index < -0.39 is 0 Å². The zero-order chi connectivity index (χ0) is 52.8. The van der Waals surface area contributed by atoms with Gasteiger partial charge in [-0.2, -0.15) is 11.8 Å². The highest BCUT2D eigenvalue weighted by Gasteiger charge is 2.42. The summed E-state index contributed by atoms with van der Waals surface area (Å²) in [6.45, 7) is 5.83. The lowest BCUT2D eigenvalue weighted by atomic mass is 10.0. The quantitative estimate of drug-likeness (QED) is 0.0143. The minimum Gasteiger partial charge on any atom is -0.495 e. The topological polar surface area (TPSA) is 248 Å². The average Bonchev–Trinajstić information content (AvgIpc) is 3.94. The maximum absolute atomic E-state index is 13.7. The van der Waals surface area contributed by atoms with Gasteiger partial charge in [-0.05, 0) is 118 Å². The Balaban J connectivity index is 0.771. The molecule has 0 radical (unpaired) electrons. The fourth-order valence-electron chi connectivity index (χ4n) is 7.88. The molecule has 74 heavy (non-hydrogen) atoms. The molecule has 2 saturated heterocycles. The Labute approximate surface area is 451 Å². The van der Waals surface area contributed by atoms with Crippen LogP contribution < -0.4 is 47.3 Å². The van der Waals surface area contributed by atoms with Crippen molar-refractivity contribution < 1.29 is 47.3 Å². The van der Waals surface area contributed by atoms with E-state index in [1.807, 2.05) is 41.4 Å². The predicted octanol–water partition coefficient (Wildman–Crippen LogP) is 6.00. The van der Waals surface area contributed by atoms with Gasteiger partial charge in [-0.25, -0.2) is 19.2 Å². The van der Waals surface area contributed by atoms with Crippen LogP contribution in [0.4, 0.5) is 37.9 Å². The molecule has 20 nitrogen and oxygen atoms in total. The molecule has 2 fully saturated rings. The number of likely N-dealkylation sites (N-methyl/N-ethyl adjacent to an activating group) is 1. The maximum atomic E-state index is 13.7. The third-order valence-corrected chi connectivity index (χ3v) is 14.1. The molecular formula is C51H73FIN11O9S. The second-order valence-electron chi connectivity index (χ2n) is 17.8. The summed E-state index contributed by atoms with van der Waals surface area (Å²) in [6, 6.07) is 12.0. The number of unbranched alkanes of at least 4 members (excludes halogenated alkanes) is 2. The number of methoxy groups -OCH3 is 1. The number of carbonyl (C=O) groups is 5. The number of amides is 6. The summed E-state index contributed by atoms with van der Waals surface area (Å²) in [7, 11) is 3.51. The number of ether oxygens (including phenoxy) is 4. The smallest absolute Gasteiger partial charge is 0.315 e. The van der Waals surface area contributed by atoms with Gasteiger partial charge in [-0.1, -0.05) is 12.5 Å². The molecule has 0 saturated carbocycles. The molecule has 0 aliphatic carbocycles. The Kier molecular flexibility index (Phi) is 27.6. The number of carbonyl (C=O) groups excluding carboxylic acids is 5. The first-order chi connectivity index (χ1) is 35.9. The summed E-state index contributed by atoms with van der Waals surface area (Å²) in [4.78, 5) is 71.5. The Bertz CT molecular complexity index is 2270. The highest BCUT2D eigenvalue weighted by Crippen LogP contribution is 2.34. The lowest BCUT2D eigenvalue weighted by Crippen LogP contribution is -2.36. The van der Waals surface area contributed by atoms with Crippen LogP contribution in [0.15, 0.2) is 60.9 Å². The van der Waals surface area contributed by atoms with Gasteiger partial charge in [0.05, 0.1) is 54.9 Å². The van der Waals surface area contributed by atoms with Crippen molar-refractivity contribution in [1.29, 1.82) is 0 Å². The van der Waals surface area contributed by atoms with Crippen LogP contribution in [0, 0.1) is 9.39 Å². The van der Waals surface area contributed by atoms with Crippen molar-refractivity contribution in [2.45, 2.75) is 88.0 Å². The Morgan fingerprint density at radius 1 is 0.770 bits per heavy atom. The highest BCUT2D eigenvalue weighted by molar-refractivity contribution is 14.1. The van der Waals surface area contributed by atoms with Crippen LogP contribution in [0.2, 0.25) is 0 Å². The van der Waals surface area contributed by atoms with Gasteiger partial charge in [-0.15, -0.1) is 0 Å². The lowest BCUT2D eigenvalue weighted by molar-refractivity contribution is -0.123. The molecule has 2 aliphatic rings. The molecule has 0 spiro atoms. The minimum atomic E-state index is -0.301. The highest BCUT2D eigenvalue weighted by atomic mass is 127. The van der Waals surface area contributed by atoms with Gasteiger partial charge in [0, 0.05) is 93.2 Å². The van der Waals surface area contributed by atoms with E-state index >= 15 is 0 Å². The number of hydrogen-bond donors (Lipinski definition) is 8. The largest absolute Gasteiger partial charge is 0.495 e. The number of nitrogens with zero attached hydrogens (tertiary/aromatic N) is 3. The number of halogens is 2. The number of fused-ring (bicyclic) bond motifs is 1. The molecule has 3 atom stereocenters. The van der Waals surface area contributed by atoms with Crippen LogP contribution in [-0.4, -0.2) is 154 Å². The van der Waals surface area contributed by atoms with Gasteiger partial charge in [0.1, 0.15) is 29.5 Å². The predicted molar refractivity (Wildman–Crippen MR) is 294 cm³/mol. The third kappa shape index (κ3) is 23.5. The number of thioether (sulfide) groups is 1. The first-order valence-corrected chi connectivity index (χ1v) is 27.5. The maximum Gasteiger partial charge on any atom is 0.315 e. The van der Waals surface area contributed by atoms with E-state index in [1.165, 1.54) is 18.5 Å². The molecule has 5 rings (SSSR count). The van der Waals surface area contributed by atoms with Crippen LogP contribution in [-0.2, 0) is 33.4 Å². The van der Waals surface area contributed by atoms with Gasteiger partial charge in [0.2, 0.25) is 23.6 Å². The fourth-order valence-corrected chi connectivity index (χ4v) is 9.94. The first kappa shape index (κ1) is 59.5. The molecule has 6 amide bonds. The number of nitrogens with one attached hydrogen (secondary N) is 8. The van der Waals surface area contributed by atoms with Crippen LogP contribution in [0.25, 0.3) is 0 Å². The normalized spacial score (nSPS) is 15.9. The molecule has 2 aliphatic heterocycles. The van der Waals surface area contributed by atoms with Crippen molar-refractivity contribution in [2.24, 2.45) is 0 Å². The van der Waals surface area contributed by atoms with E-state index in [4.69, 9.17) is 18.9 Å². The van der Waals surface area contributed by atoms with Gasteiger partial charge < -0.3 is 66.4 Å². The van der Waals surface area contributed by atoms with E-state index in [0.717, 1.165) is 50.8 Å². The SMILES string of the molecule is COc1ccc(NC(=O)/C=C/CN(C)CCCCNC(=O)CCCC(=O)NCCCOCCOCCOCCCNC(=O)CCCCC2SC[C@@H]3NC(=O)N[C@H]23)cc1Nc1cc(Nc2ccc(F)c(I)c2)ncn1. The second-order valence-corrected chi connectivity index (χ2v) is 20.2. The molecular weight excluding hydrogens is 1090 g/mol. The van der Waals surface area contributed by atoms with Crippen molar-refractivity contribution in [3.8, 4) is 5.75 Å². The molecule has 1 aromatic heterocycles. The zero-order valence-corrected chi connectivity index (χ0v) is 45.4. The summed E-state index contributed by atoms with van der Waals surface area (Å²) in [6.07, 6.45) is 12.1. The molecule has 2 aromatic carbocycles. The van der Waals surface area contributed by atoms with E-state index in [2.05, 4.69) is 57.4 Å². The summed E-state index contributed by atoms with van der Waals surface area (Å²) in [5.41, 5.74) is 1.80.